The van der Waals surface area contributed by atoms with Crippen molar-refractivity contribution in [3.63, 3.8) is 0 Å². The number of carbonyl (C=O) groups is 1. The third-order valence-electron chi connectivity index (χ3n) is 3.27. The summed E-state index contributed by atoms with van der Waals surface area (Å²) in [6, 6.07) is 0. The molecule has 0 radical (unpaired) electrons. The Morgan fingerprint density at radius 3 is 2.56 bits per heavy atom. The zero-order chi connectivity index (χ0) is 10.6. The van der Waals surface area contributed by atoms with Gasteiger partial charge in [0, 0.05) is 19.1 Å². The first-order valence-electron chi connectivity index (χ1n) is 5.09. The van der Waals surface area contributed by atoms with Crippen molar-refractivity contribution in [2.24, 2.45) is 11.1 Å². The summed E-state index contributed by atoms with van der Waals surface area (Å²) in [7, 11) is 1.64. The molecule has 4 nitrogen and oxygen atoms in total. The normalized spacial score (nSPS) is 28.8. The van der Waals surface area contributed by atoms with E-state index in [1.807, 2.05) is 0 Å². The molecule has 98 valence electrons. The highest BCUT2D eigenvalue weighted by molar-refractivity contribution is 5.85. The standard InChI is InChI=1S/C10H19NO3.2ClH/c1-14-8-4-2-3-5-10(8,7-11)6-9(12)13;;/h8H,2-7,11H2,1H3,(H,12,13);2*1H. The van der Waals surface area contributed by atoms with Gasteiger partial charge in [-0.2, -0.15) is 0 Å². The van der Waals surface area contributed by atoms with Gasteiger partial charge in [-0.25, -0.2) is 0 Å². The van der Waals surface area contributed by atoms with E-state index < -0.39 is 5.97 Å². The van der Waals surface area contributed by atoms with Crippen LogP contribution >= 0.6 is 24.8 Å². The molecule has 0 bridgehead atoms. The Bertz CT molecular complexity index is 216. The second-order valence-corrected chi connectivity index (χ2v) is 4.11. The zero-order valence-corrected chi connectivity index (χ0v) is 11.1. The minimum absolute atomic E-state index is 0. The third kappa shape index (κ3) is 4.09. The van der Waals surface area contributed by atoms with Gasteiger partial charge in [0.05, 0.1) is 12.5 Å². The lowest BCUT2D eigenvalue weighted by atomic mass is 9.69. The summed E-state index contributed by atoms with van der Waals surface area (Å²) in [6.07, 6.45) is 4.11. The van der Waals surface area contributed by atoms with Crippen molar-refractivity contribution in [1.82, 2.24) is 0 Å². The molecule has 0 amide bonds. The van der Waals surface area contributed by atoms with Gasteiger partial charge in [-0.1, -0.05) is 12.8 Å². The van der Waals surface area contributed by atoms with E-state index in [1.165, 1.54) is 0 Å². The van der Waals surface area contributed by atoms with Crippen molar-refractivity contribution in [1.29, 1.82) is 0 Å². The Balaban J connectivity index is 0. The van der Waals surface area contributed by atoms with Crippen LogP contribution in [-0.2, 0) is 9.53 Å². The van der Waals surface area contributed by atoms with Gasteiger partial charge in [0.2, 0.25) is 0 Å². The molecule has 1 saturated carbocycles. The summed E-state index contributed by atoms with van der Waals surface area (Å²) < 4.78 is 5.36. The first kappa shape index (κ1) is 18.3. The fraction of sp³-hybridized carbons (Fsp3) is 0.900. The second kappa shape index (κ2) is 8.12. The quantitative estimate of drug-likeness (QED) is 0.820. The molecule has 1 fully saturated rings. The van der Waals surface area contributed by atoms with Crippen molar-refractivity contribution in [2.75, 3.05) is 13.7 Å². The smallest absolute Gasteiger partial charge is 0.304 e. The van der Waals surface area contributed by atoms with Crippen LogP contribution in [0.3, 0.4) is 0 Å². The Morgan fingerprint density at radius 1 is 1.50 bits per heavy atom. The largest absolute Gasteiger partial charge is 0.481 e. The summed E-state index contributed by atoms with van der Waals surface area (Å²) in [5.74, 6) is -0.778. The van der Waals surface area contributed by atoms with E-state index in [4.69, 9.17) is 15.6 Å². The number of aliphatic carboxylic acids is 1. The summed E-state index contributed by atoms with van der Waals surface area (Å²) in [4.78, 5) is 10.8. The first-order chi connectivity index (χ1) is 6.64. The average Bonchev–Trinajstić information content (AvgIpc) is 2.17. The highest BCUT2D eigenvalue weighted by Gasteiger charge is 2.41. The zero-order valence-electron chi connectivity index (χ0n) is 9.48. The minimum atomic E-state index is -0.778. The predicted octanol–water partition coefficient (Wildman–Crippen LogP) is 1.84. The van der Waals surface area contributed by atoms with Gasteiger partial charge in [0.1, 0.15) is 0 Å². The number of hydrogen-bond acceptors (Lipinski definition) is 3. The molecule has 6 heteroatoms. The van der Waals surface area contributed by atoms with E-state index in [0.717, 1.165) is 25.7 Å². The number of carboxylic acid groups (broad SMARTS) is 1. The van der Waals surface area contributed by atoms with E-state index >= 15 is 0 Å². The summed E-state index contributed by atoms with van der Waals surface area (Å²) in [5, 5.41) is 8.86. The van der Waals surface area contributed by atoms with Crippen LogP contribution in [0, 0.1) is 5.41 Å². The van der Waals surface area contributed by atoms with Gasteiger partial charge < -0.3 is 15.6 Å². The third-order valence-corrected chi connectivity index (χ3v) is 3.27. The van der Waals surface area contributed by atoms with Crippen molar-refractivity contribution in [3.8, 4) is 0 Å². The Hall–Kier alpha value is -0.0300. The van der Waals surface area contributed by atoms with Gasteiger partial charge in [-0.15, -0.1) is 24.8 Å². The molecule has 1 aliphatic rings. The molecule has 0 spiro atoms. The Kier molecular flexibility index (Phi) is 9.30. The minimum Gasteiger partial charge on any atom is -0.481 e. The van der Waals surface area contributed by atoms with Crippen molar-refractivity contribution >= 4 is 30.8 Å². The Morgan fingerprint density at radius 2 is 2.12 bits per heavy atom. The predicted molar refractivity (Wildman–Crippen MR) is 67.5 cm³/mol. The molecule has 0 aromatic rings. The number of rotatable bonds is 4. The Labute approximate surface area is 109 Å². The fourth-order valence-corrected chi connectivity index (χ4v) is 2.45. The number of hydrogen-bond donors (Lipinski definition) is 2. The van der Waals surface area contributed by atoms with Crippen LogP contribution in [0.4, 0.5) is 0 Å². The highest BCUT2D eigenvalue weighted by atomic mass is 35.5. The molecule has 0 aliphatic heterocycles. The van der Waals surface area contributed by atoms with Crippen LogP contribution in [0.25, 0.3) is 0 Å². The number of nitrogens with two attached hydrogens (primary N) is 1. The van der Waals surface area contributed by atoms with E-state index in [9.17, 15) is 4.79 Å². The topological polar surface area (TPSA) is 72.5 Å². The van der Waals surface area contributed by atoms with Crippen molar-refractivity contribution < 1.29 is 14.6 Å². The number of methoxy groups -OCH3 is 1. The first-order valence-corrected chi connectivity index (χ1v) is 5.09. The van der Waals surface area contributed by atoms with Gasteiger partial charge >= 0.3 is 5.97 Å². The van der Waals surface area contributed by atoms with E-state index in [2.05, 4.69) is 0 Å². The molecule has 0 aromatic heterocycles. The van der Waals surface area contributed by atoms with Crippen LogP contribution in [0.2, 0.25) is 0 Å². The molecule has 3 N–H and O–H groups in total. The molecule has 2 atom stereocenters. The van der Waals surface area contributed by atoms with Crippen LogP contribution in [0.1, 0.15) is 32.1 Å². The maximum Gasteiger partial charge on any atom is 0.304 e. The van der Waals surface area contributed by atoms with E-state index in [-0.39, 0.29) is 42.8 Å². The number of carboxylic acids is 1. The van der Waals surface area contributed by atoms with Gasteiger partial charge in [-0.05, 0) is 12.8 Å². The fourth-order valence-electron chi connectivity index (χ4n) is 2.45. The molecule has 1 aliphatic carbocycles. The van der Waals surface area contributed by atoms with Crippen LogP contribution < -0.4 is 5.73 Å². The number of ether oxygens (including phenoxy) is 1. The lowest BCUT2D eigenvalue weighted by Gasteiger charge is -2.41. The molecule has 1 rings (SSSR count). The maximum absolute atomic E-state index is 10.8. The maximum atomic E-state index is 10.8. The molecule has 0 aromatic carbocycles. The summed E-state index contributed by atoms with van der Waals surface area (Å²) in [5.41, 5.74) is 5.37. The van der Waals surface area contributed by atoms with Gasteiger partial charge in [-0.3, -0.25) is 4.79 Å². The molecule has 16 heavy (non-hydrogen) atoms. The summed E-state index contributed by atoms with van der Waals surface area (Å²) >= 11 is 0. The second-order valence-electron chi connectivity index (χ2n) is 4.11. The molecular formula is C10H21Cl2NO3. The molecule has 2 unspecified atom stereocenters. The highest BCUT2D eigenvalue weighted by Crippen LogP contribution is 2.40. The number of halogens is 2. The van der Waals surface area contributed by atoms with Crippen LogP contribution in [0.5, 0.6) is 0 Å². The average molecular weight is 274 g/mol. The SMILES string of the molecule is COC1CCCCC1(CN)CC(=O)O.Cl.Cl. The van der Waals surface area contributed by atoms with Gasteiger partial charge in [0.15, 0.2) is 0 Å². The van der Waals surface area contributed by atoms with E-state index in [0.29, 0.717) is 6.54 Å². The van der Waals surface area contributed by atoms with Crippen LogP contribution in [-0.4, -0.2) is 30.8 Å². The van der Waals surface area contributed by atoms with Gasteiger partial charge in [0.25, 0.3) is 0 Å². The van der Waals surface area contributed by atoms with Crippen molar-refractivity contribution in [2.45, 2.75) is 38.2 Å². The summed E-state index contributed by atoms with van der Waals surface area (Å²) in [6.45, 7) is 0.401. The lowest BCUT2D eigenvalue weighted by Crippen LogP contribution is -2.46. The van der Waals surface area contributed by atoms with E-state index in [1.54, 1.807) is 7.11 Å². The molecule has 0 heterocycles. The lowest BCUT2D eigenvalue weighted by molar-refractivity contribution is -0.144. The molecule has 0 saturated heterocycles. The molecular weight excluding hydrogens is 253 g/mol. The monoisotopic (exact) mass is 273 g/mol. The van der Waals surface area contributed by atoms with Crippen LogP contribution in [0.15, 0.2) is 0 Å². The van der Waals surface area contributed by atoms with Crippen molar-refractivity contribution in [3.05, 3.63) is 0 Å².